The monoisotopic (exact) mass is 578 g/mol. The van der Waals surface area contributed by atoms with E-state index in [-0.39, 0.29) is 12.1 Å². The third kappa shape index (κ3) is 5.76. The average molecular weight is 580 g/mol. The summed E-state index contributed by atoms with van der Waals surface area (Å²) in [6.07, 6.45) is -0.104. The predicted octanol–water partition coefficient (Wildman–Crippen LogP) is 6.87. The van der Waals surface area contributed by atoms with Gasteiger partial charge in [-0.25, -0.2) is 4.79 Å². The molecule has 3 aromatic rings. The second kappa shape index (κ2) is 11.8. The number of halogens is 2. The maximum Gasteiger partial charge on any atom is 0.326 e. The van der Waals surface area contributed by atoms with Crippen molar-refractivity contribution in [1.29, 1.82) is 0 Å². The number of carbonyl (C=O) groups is 1. The van der Waals surface area contributed by atoms with Gasteiger partial charge in [0.2, 0.25) is 0 Å². The van der Waals surface area contributed by atoms with Crippen LogP contribution in [0.2, 0.25) is 10.0 Å². The highest BCUT2D eigenvalue weighted by Gasteiger charge is 2.45. The standard InChI is InChI=1S/C31H32Cl2N4O3/c1-19(2)40-27-17-25(39-4)13-14-26(27)30-35-28(21-5-9-23(32)10-6-21)29(22-7-11-24(33)12-8-22)37(30)31(38)36-16-15-34-20(3)18-36/h5-14,17,19,28-29,34H,3,15-16,18H2,1-2,4H3/t28-,29+/m1/s1. The van der Waals surface area contributed by atoms with E-state index in [4.69, 9.17) is 37.7 Å². The van der Waals surface area contributed by atoms with Crippen LogP contribution in [-0.2, 0) is 0 Å². The Labute approximate surface area is 245 Å². The van der Waals surface area contributed by atoms with Gasteiger partial charge in [-0.1, -0.05) is 54.0 Å². The lowest BCUT2D eigenvalue weighted by Gasteiger charge is -2.37. The van der Waals surface area contributed by atoms with Crippen LogP contribution < -0.4 is 14.8 Å². The van der Waals surface area contributed by atoms with Crippen LogP contribution in [0.25, 0.3) is 0 Å². The van der Waals surface area contributed by atoms with E-state index in [0.717, 1.165) is 16.8 Å². The highest BCUT2D eigenvalue weighted by Crippen LogP contribution is 2.46. The van der Waals surface area contributed by atoms with Gasteiger partial charge in [0, 0.05) is 34.9 Å². The van der Waals surface area contributed by atoms with E-state index in [0.29, 0.717) is 52.6 Å². The number of aliphatic imine (C=N–C) groups is 1. The van der Waals surface area contributed by atoms with Gasteiger partial charge in [0.25, 0.3) is 0 Å². The number of hydrogen-bond donors (Lipinski definition) is 1. The number of rotatable bonds is 6. The normalized spacial score (nSPS) is 18.9. The summed E-state index contributed by atoms with van der Waals surface area (Å²) in [5, 5.41) is 4.48. The molecule has 1 fully saturated rings. The lowest BCUT2D eigenvalue weighted by Crippen LogP contribution is -2.52. The number of nitrogens with zero attached hydrogens (tertiary/aromatic N) is 3. The zero-order valence-corrected chi connectivity index (χ0v) is 24.2. The summed E-state index contributed by atoms with van der Waals surface area (Å²) in [6, 6.07) is 19.7. The van der Waals surface area contributed by atoms with Crippen LogP contribution in [0.5, 0.6) is 11.5 Å². The fourth-order valence-corrected chi connectivity index (χ4v) is 5.32. The van der Waals surface area contributed by atoms with Crippen molar-refractivity contribution in [2.75, 3.05) is 26.7 Å². The van der Waals surface area contributed by atoms with Crippen molar-refractivity contribution in [3.63, 3.8) is 0 Å². The van der Waals surface area contributed by atoms with E-state index < -0.39 is 12.1 Å². The van der Waals surface area contributed by atoms with Gasteiger partial charge < -0.3 is 19.7 Å². The van der Waals surface area contributed by atoms with Crippen molar-refractivity contribution in [3.8, 4) is 11.5 Å². The second-order valence-corrected chi connectivity index (χ2v) is 11.0. The van der Waals surface area contributed by atoms with Gasteiger partial charge in [-0.05, 0) is 61.4 Å². The Morgan fingerprint density at radius 1 is 1.02 bits per heavy atom. The summed E-state index contributed by atoms with van der Waals surface area (Å²) in [4.78, 5) is 23.3. The molecule has 0 radical (unpaired) electrons. The molecule has 9 heteroatoms. The Kier molecular flexibility index (Phi) is 8.24. The van der Waals surface area contributed by atoms with Crippen molar-refractivity contribution >= 4 is 35.1 Å². The van der Waals surface area contributed by atoms with E-state index in [9.17, 15) is 4.79 Å². The van der Waals surface area contributed by atoms with Gasteiger partial charge >= 0.3 is 6.03 Å². The number of piperazine rings is 1. The van der Waals surface area contributed by atoms with Gasteiger partial charge in [0.1, 0.15) is 23.4 Å². The van der Waals surface area contributed by atoms with Crippen molar-refractivity contribution < 1.29 is 14.3 Å². The fourth-order valence-electron chi connectivity index (χ4n) is 5.07. The molecule has 2 aliphatic rings. The van der Waals surface area contributed by atoms with Crippen molar-refractivity contribution in [2.45, 2.75) is 32.0 Å². The van der Waals surface area contributed by atoms with E-state index in [1.165, 1.54) is 0 Å². The number of ether oxygens (including phenoxy) is 2. The Bertz CT molecular complexity index is 1420. The Balaban J connectivity index is 1.71. The number of amides is 2. The molecule has 40 heavy (non-hydrogen) atoms. The number of carbonyl (C=O) groups excluding carboxylic acids is 1. The molecule has 0 unspecified atom stereocenters. The van der Waals surface area contributed by atoms with Crippen LogP contribution in [0, 0.1) is 0 Å². The molecule has 2 aliphatic heterocycles. The fraction of sp³-hybridized carbons (Fsp3) is 0.290. The van der Waals surface area contributed by atoms with E-state index in [1.807, 2.05) is 80.6 Å². The maximum absolute atomic E-state index is 14.5. The third-order valence-corrected chi connectivity index (χ3v) is 7.40. The zero-order chi connectivity index (χ0) is 28.4. The minimum Gasteiger partial charge on any atom is -0.497 e. The van der Waals surface area contributed by atoms with Crippen LogP contribution in [0.15, 0.2) is 84.0 Å². The van der Waals surface area contributed by atoms with Crippen LogP contribution in [-0.4, -0.2) is 54.5 Å². The van der Waals surface area contributed by atoms with E-state index >= 15 is 0 Å². The van der Waals surface area contributed by atoms with Crippen LogP contribution in [0.1, 0.15) is 42.6 Å². The first-order valence-electron chi connectivity index (χ1n) is 13.2. The lowest BCUT2D eigenvalue weighted by molar-refractivity contribution is 0.162. The molecule has 0 saturated carbocycles. The quantitative estimate of drug-likeness (QED) is 0.346. The molecule has 208 valence electrons. The minimum absolute atomic E-state index is 0.104. The smallest absolute Gasteiger partial charge is 0.326 e. The topological polar surface area (TPSA) is 66.4 Å². The Morgan fingerprint density at radius 2 is 1.68 bits per heavy atom. The van der Waals surface area contributed by atoms with Crippen molar-refractivity contribution in [2.24, 2.45) is 4.99 Å². The lowest BCUT2D eigenvalue weighted by atomic mass is 9.93. The first kappa shape index (κ1) is 27.9. The Hall–Kier alpha value is -3.68. The molecule has 3 aromatic carbocycles. The SMILES string of the molecule is C=C1CN(C(=O)N2C(c3ccc(OC)cc3OC(C)C)=N[C@H](c3ccc(Cl)cc3)[C@@H]2c2ccc(Cl)cc2)CCN1. The highest BCUT2D eigenvalue weighted by atomic mass is 35.5. The number of benzene rings is 3. The summed E-state index contributed by atoms with van der Waals surface area (Å²) >= 11 is 12.5. The number of urea groups is 1. The first-order chi connectivity index (χ1) is 19.2. The number of nitrogens with one attached hydrogen (secondary N) is 1. The molecule has 2 amide bonds. The van der Waals surface area contributed by atoms with E-state index in [2.05, 4.69) is 11.9 Å². The molecule has 2 atom stereocenters. The summed E-state index contributed by atoms with van der Waals surface area (Å²) in [5.74, 6) is 1.76. The van der Waals surface area contributed by atoms with E-state index in [1.54, 1.807) is 16.9 Å². The highest BCUT2D eigenvalue weighted by molar-refractivity contribution is 6.30. The molecular weight excluding hydrogens is 547 g/mol. The third-order valence-electron chi connectivity index (χ3n) is 6.90. The van der Waals surface area contributed by atoms with Gasteiger partial charge in [0.05, 0.1) is 31.4 Å². The van der Waals surface area contributed by atoms with Gasteiger partial charge in [-0.2, -0.15) is 0 Å². The molecule has 0 aliphatic carbocycles. The van der Waals surface area contributed by atoms with Crippen LogP contribution >= 0.6 is 23.2 Å². The zero-order valence-electron chi connectivity index (χ0n) is 22.7. The summed E-state index contributed by atoms with van der Waals surface area (Å²) in [6.45, 7) is 9.55. The molecule has 0 bridgehead atoms. The van der Waals surface area contributed by atoms with Gasteiger partial charge in [-0.15, -0.1) is 0 Å². The van der Waals surface area contributed by atoms with Crippen molar-refractivity contribution in [3.05, 3.63) is 106 Å². The molecule has 1 N–H and O–H groups in total. The molecule has 5 rings (SSSR count). The second-order valence-electron chi connectivity index (χ2n) is 10.1. The Morgan fingerprint density at radius 3 is 2.27 bits per heavy atom. The summed E-state index contributed by atoms with van der Waals surface area (Å²) in [7, 11) is 1.61. The van der Waals surface area contributed by atoms with Crippen LogP contribution in [0.4, 0.5) is 4.79 Å². The van der Waals surface area contributed by atoms with Crippen LogP contribution in [0.3, 0.4) is 0 Å². The molecule has 7 nitrogen and oxygen atoms in total. The van der Waals surface area contributed by atoms with Crippen molar-refractivity contribution in [1.82, 2.24) is 15.1 Å². The number of amidine groups is 1. The minimum atomic E-state index is -0.446. The molecule has 0 aromatic heterocycles. The predicted molar refractivity (Wildman–Crippen MR) is 160 cm³/mol. The largest absolute Gasteiger partial charge is 0.497 e. The summed E-state index contributed by atoms with van der Waals surface area (Å²) in [5.41, 5.74) is 3.34. The molecule has 0 spiro atoms. The number of methoxy groups -OCH3 is 1. The van der Waals surface area contributed by atoms with Gasteiger partial charge in [0.15, 0.2) is 0 Å². The first-order valence-corrected chi connectivity index (χ1v) is 13.9. The molecule has 2 heterocycles. The number of hydrogen-bond acceptors (Lipinski definition) is 5. The average Bonchev–Trinajstić information content (AvgIpc) is 3.33. The molecular formula is C31H32Cl2N4O3. The molecule has 1 saturated heterocycles. The van der Waals surface area contributed by atoms with Gasteiger partial charge in [-0.3, -0.25) is 9.89 Å². The maximum atomic E-state index is 14.5. The summed E-state index contributed by atoms with van der Waals surface area (Å²) < 4.78 is 11.7.